The zero-order valence-electron chi connectivity index (χ0n) is 12.3. The molecular weight excluding hydrogens is 354 g/mol. The van der Waals surface area contributed by atoms with Gasteiger partial charge < -0.3 is 20.3 Å². The van der Waals surface area contributed by atoms with Crippen molar-refractivity contribution in [3.63, 3.8) is 0 Å². The normalized spacial score (nSPS) is 13.2. The summed E-state index contributed by atoms with van der Waals surface area (Å²) in [7, 11) is 0. The molecule has 0 saturated carbocycles. The standard InChI is InChI=1S/C15H20BrNO5/c1-15(21,14(19)20)10-17-13(18)4-2-3-9-22-12-7-5-11(16)6-8-12/h5-8,21H,2-4,9-10H2,1H3,(H,17,18)(H,19,20). The van der Waals surface area contributed by atoms with E-state index in [9.17, 15) is 14.7 Å². The van der Waals surface area contributed by atoms with Crippen LogP contribution in [-0.2, 0) is 9.59 Å². The van der Waals surface area contributed by atoms with Crippen molar-refractivity contribution in [3.8, 4) is 5.75 Å². The number of aliphatic carboxylic acids is 1. The third-order valence-electron chi connectivity index (χ3n) is 2.97. The highest BCUT2D eigenvalue weighted by atomic mass is 79.9. The van der Waals surface area contributed by atoms with E-state index in [0.29, 0.717) is 19.4 Å². The SMILES string of the molecule is CC(O)(CNC(=O)CCCCOc1ccc(Br)cc1)C(=O)O. The fourth-order valence-corrected chi connectivity index (χ4v) is 1.81. The number of aliphatic hydroxyl groups is 1. The predicted molar refractivity (Wildman–Crippen MR) is 84.8 cm³/mol. The van der Waals surface area contributed by atoms with Crippen LogP contribution in [0, 0.1) is 0 Å². The second kappa shape index (κ2) is 8.75. The van der Waals surface area contributed by atoms with Gasteiger partial charge in [-0.3, -0.25) is 4.79 Å². The smallest absolute Gasteiger partial charge is 0.337 e. The van der Waals surface area contributed by atoms with Crippen LogP contribution in [0.1, 0.15) is 26.2 Å². The summed E-state index contributed by atoms with van der Waals surface area (Å²) in [5.41, 5.74) is -1.94. The summed E-state index contributed by atoms with van der Waals surface area (Å²) in [6.45, 7) is 1.33. The molecule has 1 aromatic carbocycles. The summed E-state index contributed by atoms with van der Waals surface area (Å²) in [4.78, 5) is 22.2. The number of carboxylic acid groups (broad SMARTS) is 1. The van der Waals surface area contributed by atoms with Gasteiger partial charge in [0.05, 0.1) is 13.2 Å². The summed E-state index contributed by atoms with van der Waals surface area (Å²) in [6, 6.07) is 7.48. The fourth-order valence-electron chi connectivity index (χ4n) is 1.54. The van der Waals surface area contributed by atoms with Gasteiger partial charge in [0.1, 0.15) is 5.75 Å². The number of benzene rings is 1. The van der Waals surface area contributed by atoms with Crippen LogP contribution in [0.25, 0.3) is 0 Å². The van der Waals surface area contributed by atoms with Crippen molar-refractivity contribution in [2.75, 3.05) is 13.2 Å². The Morgan fingerprint density at radius 2 is 1.91 bits per heavy atom. The van der Waals surface area contributed by atoms with Gasteiger partial charge >= 0.3 is 5.97 Å². The Bertz CT molecular complexity index is 501. The first-order valence-corrected chi connectivity index (χ1v) is 7.71. The predicted octanol–water partition coefficient (Wildman–Crippen LogP) is 1.95. The van der Waals surface area contributed by atoms with Gasteiger partial charge in [0.25, 0.3) is 0 Å². The average molecular weight is 374 g/mol. The van der Waals surface area contributed by atoms with E-state index in [1.165, 1.54) is 0 Å². The molecule has 0 fully saturated rings. The number of unbranched alkanes of at least 4 members (excludes halogenated alkanes) is 1. The summed E-state index contributed by atoms with van der Waals surface area (Å²) >= 11 is 3.34. The van der Waals surface area contributed by atoms with Crippen LogP contribution in [0.2, 0.25) is 0 Å². The third-order valence-corrected chi connectivity index (χ3v) is 3.50. The first-order valence-electron chi connectivity index (χ1n) is 6.92. The minimum atomic E-state index is -1.94. The van der Waals surface area contributed by atoms with Crippen LogP contribution in [0.15, 0.2) is 28.7 Å². The first kappa shape index (κ1) is 18.4. The highest BCUT2D eigenvalue weighted by molar-refractivity contribution is 9.10. The molecule has 0 aromatic heterocycles. The summed E-state index contributed by atoms with van der Waals surface area (Å²) in [6.07, 6.45) is 1.59. The maximum Gasteiger partial charge on any atom is 0.337 e. The second-order valence-corrected chi connectivity index (χ2v) is 6.03. The lowest BCUT2D eigenvalue weighted by Gasteiger charge is -2.18. The number of hydrogen-bond acceptors (Lipinski definition) is 4. The quantitative estimate of drug-likeness (QED) is 0.575. The van der Waals surface area contributed by atoms with Gasteiger partial charge in [0.15, 0.2) is 5.60 Å². The van der Waals surface area contributed by atoms with E-state index in [1.54, 1.807) is 0 Å². The molecule has 0 radical (unpaired) electrons. The molecule has 3 N–H and O–H groups in total. The van der Waals surface area contributed by atoms with Gasteiger partial charge in [0.2, 0.25) is 5.91 Å². The van der Waals surface area contributed by atoms with Crippen LogP contribution in [0.3, 0.4) is 0 Å². The van der Waals surface area contributed by atoms with Gasteiger partial charge in [-0.05, 0) is 44.0 Å². The van der Waals surface area contributed by atoms with Crippen molar-refractivity contribution in [1.29, 1.82) is 0 Å². The van der Waals surface area contributed by atoms with Crippen LogP contribution < -0.4 is 10.1 Å². The summed E-state index contributed by atoms with van der Waals surface area (Å²) in [5, 5.41) is 20.6. The molecule has 0 aliphatic heterocycles. The van der Waals surface area contributed by atoms with Crippen LogP contribution >= 0.6 is 15.9 Å². The number of ether oxygens (including phenoxy) is 1. The maximum absolute atomic E-state index is 11.5. The minimum absolute atomic E-state index is 0.263. The molecule has 122 valence electrons. The van der Waals surface area contributed by atoms with E-state index in [-0.39, 0.29) is 18.9 Å². The molecule has 0 heterocycles. The molecule has 0 aliphatic rings. The monoisotopic (exact) mass is 373 g/mol. The molecule has 0 spiro atoms. The van der Waals surface area contributed by atoms with E-state index in [1.807, 2.05) is 24.3 Å². The van der Waals surface area contributed by atoms with Gasteiger partial charge in [-0.25, -0.2) is 4.79 Å². The highest BCUT2D eigenvalue weighted by Crippen LogP contribution is 2.16. The average Bonchev–Trinajstić information content (AvgIpc) is 2.46. The molecule has 1 amide bonds. The number of hydrogen-bond donors (Lipinski definition) is 3. The maximum atomic E-state index is 11.5. The van der Waals surface area contributed by atoms with E-state index < -0.39 is 11.6 Å². The number of carbonyl (C=O) groups excluding carboxylic acids is 1. The lowest BCUT2D eigenvalue weighted by atomic mass is 10.1. The molecule has 1 aromatic rings. The number of halogens is 1. The number of carboxylic acids is 1. The molecule has 0 saturated heterocycles. The Balaban J connectivity index is 2.12. The molecule has 0 aliphatic carbocycles. The first-order chi connectivity index (χ1) is 10.3. The Hall–Kier alpha value is -1.60. The Labute approximate surface area is 137 Å². The topological polar surface area (TPSA) is 95.9 Å². The Morgan fingerprint density at radius 1 is 1.27 bits per heavy atom. The van der Waals surface area contributed by atoms with E-state index in [2.05, 4.69) is 21.2 Å². The lowest BCUT2D eigenvalue weighted by molar-refractivity contribution is -0.156. The fraction of sp³-hybridized carbons (Fsp3) is 0.467. The lowest BCUT2D eigenvalue weighted by Crippen LogP contribution is -2.46. The van der Waals surface area contributed by atoms with Crippen LogP contribution in [0.4, 0.5) is 0 Å². The van der Waals surface area contributed by atoms with Crippen LogP contribution in [-0.4, -0.2) is 40.8 Å². The van der Waals surface area contributed by atoms with E-state index >= 15 is 0 Å². The molecule has 1 atom stereocenters. The van der Waals surface area contributed by atoms with Gasteiger partial charge in [-0.1, -0.05) is 15.9 Å². The van der Waals surface area contributed by atoms with E-state index in [4.69, 9.17) is 9.84 Å². The van der Waals surface area contributed by atoms with Crippen molar-refractivity contribution in [2.45, 2.75) is 31.8 Å². The van der Waals surface area contributed by atoms with Crippen molar-refractivity contribution in [3.05, 3.63) is 28.7 Å². The molecule has 7 heteroatoms. The van der Waals surface area contributed by atoms with Crippen molar-refractivity contribution in [2.24, 2.45) is 0 Å². The number of carbonyl (C=O) groups is 2. The molecule has 0 bridgehead atoms. The minimum Gasteiger partial charge on any atom is -0.494 e. The van der Waals surface area contributed by atoms with Crippen molar-refractivity contribution in [1.82, 2.24) is 5.32 Å². The van der Waals surface area contributed by atoms with Crippen LogP contribution in [0.5, 0.6) is 5.75 Å². The summed E-state index contributed by atoms with van der Waals surface area (Å²) < 4.78 is 6.50. The van der Waals surface area contributed by atoms with Gasteiger partial charge in [0, 0.05) is 10.9 Å². The second-order valence-electron chi connectivity index (χ2n) is 5.12. The Morgan fingerprint density at radius 3 is 2.50 bits per heavy atom. The number of rotatable bonds is 9. The largest absolute Gasteiger partial charge is 0.494 e. The zero-order valence-corrected chi connectivity index (χ0v) is 13.9. The third kappa shape index (κ3) is 6.91. The molecular formula is C15H20BrNO5. The Kier molecular flexibility index (Phi) is 7.34. The van der Waals surface area contributed by atoms with Gasteiger partial charge in [-0.2, -0.15) is 0 Å². The number of amides is 1. The molecule has 1 rings (SSSR count). The highest BCUT2D eigenvalue weighted by Gasteiger charge is 2.30. The zero-order chi connectivity index (χ0) is 16.6. The van der Waals surface area contributed by atoms with E-state index in [0.717, 1.165) is 17.1 Å². The van der Waals surface area contributed by atoms with Gasteiger partial charge in [-0.15, -0.1) is 0 Å². The molecule has 1 unspecified atom stereocenters. The summed E-state index contributed by atoms with van der Waals surface area (Å²) in [5.74, 6) is -0.883. The number of nitrogens with one attached hydrogen (secondary N) is 1. The van der Waals surface area contributed by atoms with Crippen molar-refractivity contribution < 1.29 is 24.5 Å². The van der Waals surface area contributed by atoms with Crippen molar-refractivity contribution >= 4 is 27.8 Å². The molecule has 6 nitrogen and oxygen atoms in total. The molecule has 22 heavy (non-hydrogen) atoms.